The van der Waals surface area contributed by atoms with Crippen molar-refractivity contribution in [3.63, 3.8) is 0 Å². The van der Waals surface area contributed by atoms with Crippen LogP contribution in [0.25, 0.3) is 16.7 Å². The Bertz CT molecular complexity index is 1450. The summed E-state index contributed by atoms with van der Waals surface area (Å²) in [6.45, 7) is -2.21. The molecular weight excluding hydrogens is 427 g/mol. The molecule has 0 saturated heterocycles. The van der Waals surface area contributed by atoms with E-state index >= 15 is 0 Å². The number of benzene rings is 5. The first-order chi connectivity index (χ1) is 16.9. The zero-order valence-electron chi connectivity index (χ0n) is 18.7. The lowest BCUT2D eigenvalue weighted by Gasteiger charge is -2.25. The Morgan fingerprint density at radius 1 is 0.353 bits per heavy atom. The Morgan fingerprint density at radius 2 is 0.676 bits per heavy atom. The second-order valence-electron chi connectivity index (χ2n) is 8.38. The van der Waals surface area contributed by atoms with Crippen LogP contribution in [0.4, 0.5) is 0 Å². The van der Waals surface area contributed by atoms with Crippen molar-refractivity contribution in [1.29, 1.82) is 0 Å². The maximum Gasteiger partial charge on any atom is 0.0406 e. The van der Waals surface area contributed by atoms with Gasteiger partial charge in [0.15, 0.2) is 0 Å². The highest BCUT2D eigenvalue weighted by Gasteiger charge is 2.26. The molecule has 0 saturated carbocycles. The van der Waals surface area contributed by atoms with Gasteiger partial charge in [0, 0.05) is 12.5 Å². The Kier molecular flexibility index (Phi) is 5.27. The summed E-state index contributed by atoms with van der Waals surface area (Å²) in [5.41, 5.74) is 13.8. The number of hydrogen-bond acceptors (Lipinski definition) is 0. The van der Waals surface area contributed by atoms with Crippen LogP contribution >= 0.6 is 6.89 Å². The highest BCUT2D eigenvalue weighted by Crippen LogP contribution is 2.45. The minimum Gasteiger partial charge on any atom is -0.0624 e. The van der Waals surface area contributed by atoms with Gasteiger partial charge in [-0.05, 0) is 38.2 Å². The molecule has 0 bridgehead atoms. The van der Waals surface area contributed by atoms with E-state index < -0.39 is 6.89 Å². The fraction of sp³-hybridized carbons (Fsp3) is 0. The molecule has 0 amide bonds. The van der Waals surface area contributed by atoms with Crippen LogP contribution in [0.1, 0.15) is 11.1 Å². The number of rotatable bonds is 3. The van der Waals surface area contributed by atoms with Gasteiger partial charge in [-0.1, -0.05) is 151 Å². The van der Waals surface area contributed by atoms with Crippen LogP contribution in [0.3, 0.4) is 0 Å². The Labute approximate surface area is 201 Å². The van der Waals surface area contributed by atoms with E-state index in [0.717, 1.165) is 5.57 Å². The third-order valence-corrected chi connectivity index (χ3v) is 10.1. The molecule has 0 aromatic heterocycles. The standard InChI is InChI=1S/C33H23P/c1-4-14-26(15-5-1)34(27-16-6-2-7-17-27,28-18-8-3-9-19-28)25-24-33-31-22-12-10-20-29(31)30-21-11-13-23-32(30)33/h1-23H. The first-order valence-electron chi connectivity index (χ1n) is 11.5. The summed E-state index contributed by atoms with van der Waals surface area (Å²) in [4.78, 5) is 0. The van der Waals surface area contributed by atoms with E-state index in [1.807, 2.05) is 0 Å². The van der Waals surface area contributed by atoms with Crippen molar-refractivity contribution >= 4 is 33.8 Å². The van der Waals surface area contributed by atoms with Crippen molar-refractivity contribution in [3.05, 3.63) is 156 Å². The largest absolute Gasteiger partial charge is 0.0624 e. The summed E-state index contributed by atoms with van der Waals surface area (Å²) in [7, 11) is 0. The Hall–Kier alpha value is -4.04. The summed E-state index contributed by atoms with van der Waals surface area (Å²) in [5, 5.41) is 3.83. The number of fused-ring (bicyclic) bond motifs is 3. The monoisotopic (exact) mass is 450 g/mol. The topological polar surface area (TPSA) is 0 Å². The van der Waals surface area contributed by atoms with E-state index in [1.54, 1.807) is 0 Å². The van der Waals surface area contributed by atoms with Crippen LogP contribution in [-0.2, 0) is 0 Å². The fourth-order valence-electron chi connectivity index (χ4n) is 4.89. The molecule has 6 rings (SSSR count). The van der Waals surface area contributed by atoms with Crippen molar-refractivity contribution in [1.82, 2.24) is 0 Å². The van der Waals surface area contributed by atoms with Crippen molar-refractivity contribution in [3.8, 4) is 11.1 Å². The third kappa shape index (κ3) is 3.34. The van der Waals surface area contributed by atoms with Gasteiger partial charge >= 0.3 is 0 Å². The lowest BCUT2D eigenvalue weighted by atomic mass is 10.1. The van der Waals surface area contributed by atoms with Gasteiger partial charge in [0.1, 0.15) is 0 Å². The van der Waals surface area contributed by atoms with Gasteiger partial charge in [-0.3, -0.25) is 0 Å². The molecular formula is C33H23P. The van der Waals surface area contributed by atoms with Crippen LogP contribution in [-0.4, -0.2) is 5.45 Å². The first kappa shape index (κ1) is 20.6. The number of hydrogen-bond donors (Lipinski definition) is 0. The smallest absolute Gasteiger partial charge is 0.0406 e. The van der Waals surface area contributed by atoms with E-state index in [-0.39, 0.29) is 0 Å². The molecule has 0 heterocycles. The van der Waals surface area contributed by atoms with Crippen molar-refractivity contribution < 1.29 is 0 Å². The maximum atomic E-state index is 3.93. The average molecular weight is 451 g/mol. The molecule has 5 aromatic carbocycles. The van der Waals surface area contributed by atoms with E-state index in [2.05, 4.69) is 151 Å². The molecule has 160 valence electrons. The summed E-state index contributed by atoms with van der Waals surface area (Å²) in [5.74, 6) is 0. The molecule has 0 aliphatic heterocycles. The van der Waals surface area contributed by atoms with Crippen LogP contribution < -0.4 is 15.9 Å². The predicted octanol–water partition coefficient (Wildman–Crippen LogP) is 6.65. The van der Waals surface area contributed by atoms with Crippen molar-refractivity contribution in [2.24, 2.45) is 0 Å². The summed E-state index contributed by atoms with van der Waals surface area (Å²) in [6.07, 6.45) is 0. The zero-order chi connectivity index (χ0) is 22.8. The van der Waals surface area contributed by atoms with E-state index in [1.165, 1.54) is 38.2 Å². The first-order valence-corrected chi connectivity index (χ1v) is 13.3. The second-order valence-corrected chi connectivity index (χ2v) is 11.5. The molecule has 1 aliphatic carbocycles. The van der Waals surface area contributed by atoms with E-state index in [4.69, 9.17) is 0 Å². The van der Waals surface area contributed by atoms with E-state index in [0.29, 0.717) is 0 Å². The van der Waals surface area contributed by atoms with Crippen LogP contribution in [0.15, 0.2) is 145 Å². The minimum absolute atomic E-state index is 1.12. The molecule has 0 nitrogen and oxygen atoms in total. The molecule has 0 N–H and O–H groups in total. The van der Waals surface area contributed by atoms with Crippen molar-refractivity contribution in [2.45, 2.75) is 0 Å². The molecule has 0 fully saturated rings. The van der Waals surface area contributed by atoms with E-state index in [9.17, 15) is 0 Å². The quantitative estimate of drug-likeness (QED) is 0.209. The SMILES string of the molecule is C(=C=P(c1ccccc1)(c1ccccc1)c1ccccc1)=C1c2ccccc2-c2ccccc21. The van der Waals surface area contributed by atoms with Gasteiger partial charge in [-0.2, -0.15) is 0 Å². The van der Waals surface area contributed by atoms with Crippen LogP contribution in [0.5, 0.6) is 0 Å². The van der Waals surface area contributed by atoms with Gasteiger partial charge in [0.05, 0.1) is 0 Å². The van der Waals surface area contributed by atoms with Gasteiger partial charge in [-0.25, -0.2) is 0 Å². The van der Waals surface area contributed by atoms with Gasteiger partial charge in [0.2, 0.25) is 0 Å². The summed E-state index contributed by atoms with van der Waals surface area (Å²) >= 11 is 0. The Morgan fingerprint density at radius 3 is 1.06 bits per heavy atom. The molecule has 5 aromatic rings. The zero-order valence-corrected chi connectivity index (χ0v) is 19.6. The summed E-state index contributed by atoms with van der Waals surface area (Å²) in [6, 6.07) is 49.7. The molecule has 0 atom stereocenters. The lowest BCUT2D eigenvalue weighted by molar-refractivity contribution is 1.65. The molecule has 0 spiro atoms. The summed E-state index contributed by atoms with van der Waals surface area (Å²) < 4.78 is 0. The molecule has 1 heteroatoms. The fourth-order valence-corrected chi connectivity index (χ4v) is 8.31. The lowest BCUT2D eigenvalue weighted by Crippen LogP contribution is -2.25. The highest BCUT2D eigenvalue weighted by molar-refractivity contribution is 7.94. The van der Waals surface area contributed by atoms with Gasteiger partial charge < -0.3 is 0 Å². The average Bonchev–Trinajstić information content (AvgIpc) is 3.25. The van der Waals surface area contributed by atoms with Gasteiger partial charge in [0.25, 0.3) is 0 Å². The molecule has 0 unspecified atom stereocenters. The van der Waals surface area contributed by atoms with Crippen LogP contribution in [0.2, 0.25) is 0 Å². The Balaban J connectivity index is 1.82. The molecule has 0 radical (unpaired) electrons. The molecule has 34 heavy (non-hydrogen) atoms. The maximum absolute atomic E-state index is 3.93. The highest BCUT2D eigenvalue weighted by atomic mass is 31.2. The van der Waals surface area contributed by atoms with Crippen molar-refractivity contribution in [2.75, 3.05) is 0 Å². The van der Waals surface area contributed by atoms with Crippen LogP contribution in [0, 0.1) is 0 Å². The minimum atomic E-state index is -2.21. The molecule has 1 aliphatic rings. The third-order valence-electron chi connectivity index (χ3n) is 6.46. The second kappa shape index (κ2) is 8.72. The normalized spacial score (nSPS) is 11.8. The van der Waals surface area contributed by atoms with Gasteiger partial charge in [-0.15, -0.1) is 0 Å². The predicted molar refractivity (Wildman–Crippen MR) is 148 cm³/mol.